The Morgan fingerprint density at radius 1 is 1.00 bits per heavy atom. The lowest BCUT2D eigenvalue weighted by Gasteiger charge is -2.30. The van der Waals surface area contributed by atoms with Crippen LogP contribution < -0.4 is 10.0 Å². The molecule has 0 aliphatic rings. The van der Waals surface area contributed by atoms with Crippen LogP contribution in [0, 0.1) is 19.8 Å². The van der Waals surface area contributed by atoms with Gasteiger partial charge in [-0.25, -0.2) is 18.1 Å². The quantitative estimate of drug-likeness (QED) is 0.294. The fourth-order valence-electron chi connectivity index (χ4n) is 4.58. The third-order valence-electron chi connectivity index (χ3n) is 6.88. The number of halogens is 1. The first-order chi connectivity index (χ1) is 19.8. The Balaban J connectivity index is 0.00000645. The highest BCUT2D eigenvalue weighted by Gasteiger charge is 2.33. The van der Waals surface area contributed by atoms with E-state index in [1.807, 2.05) is 51.1 Å². The van der Waals surface area contributed by atoms with Gasteiger partial charge in [-0.15, -0.1) is 12.4 Å². The molecule has 2 aromatic carbocycles. The molecular weight excluding hydrogens is 592 g/mol. The van der Waals surface area contributed by atoms with Crippen molar-refractivity contribution in [1.29, 1.82) is 0 Å². The van der Waals surface area contributed by atoms with Crippen molar-refractivity contribution in [2.24, 2.45) is 5.92 Å². The van der Waals surface area contributed by atoms with Gasteiger partial charge in [0, 0.05) is 19.0 Å². The van der Waals surface area contributed by atoms with Crippen molar-refractivity contribution in [3.63, 3.8) is 0 Å². The number of carbonyl (C=O) groups is 3. The summed E-state index contributed by atoms with van der Waals surface area (Å²) in [6.45, 7) is 9.07. The third-order valence-corrected chi connectivity index (χ3v) is 8.22. The first kappa shape index (κ1) is 35.4. The molecule has 2 N–H and O–H groups in total. The number of nitrogens with one attached hydrogen (secondary N) is 2. The third kappa shape index (κ3) is 9.89. The number of amides is 3. The van der Waals surface area contributed by atoms with Gasteiger partial charge in [0.15, 0.2) is 0 Å². The van der Waals surface area contributed by atoms with Gasteiger partial charge in [-0.1, -0.05) is 56.5 Å². The number of carbonyl (C=O) groups excluding carboxylic acids is 3. The van der Waals surface area contributed by atoms with Crippen LogP contribution in [0.2, 0.25) is 0 Å². The van der Waals surface area contributed by atoms with E-state index >= 15 is 0 Å². The van der Waals surface area contributed by atoms with Crippen LogP contribution in [0.1, 0.15) is 60.7 Å². The highest BCUT2D eigenvalue weighted by atomic mass is 35.5. The van der Waals surface area contributed by atoms with Crippen LogP contribution in [-0.2, 0) is 26.0 Å². The number of hydrogen-bond acceptors (Lipinski definition) is 7. The van der Waals surface area contributed by atoms with Crippen LogP contribution in [0.25, 0.3) is 5.69 Å². The minimum absolute atomic E-state index is 0. The van der Waals surface area contributed by atoms with E-state index in [9.17, 15) is 22.8 Å². The first-order valence-electron chi connectivity index (χ1n) is 14.0. The highest BCUT2D eigenvalue weighted by molar-refractivity contribution is 7.90. The molecule has 234 valence electrons. The van der Waals surface area contributed by atoms with Gasteiger partial charge < -0.3 is 10.2 Å². The Morgan fingerprint density at radius 2 is 1.63 bits per heavy atom. The Morgan fingerprint density at radius 3 is 2.16 bits per heavy atom. The predicted octanol–water partition coefficient (Wildman–Crippen LogP) is 3.38. The maximum atomic E-state index is 13.8. The van der Waals surface area contributed by atoms with E-state index in [1.54, 1.807) is 44.0 Å². The molecule has 0 spiro atoms. The molecular formula is C30H41ClN6O5S. The fraction of sp³-hybridized carbons (Fsp3) is 0.433. The van der Waals surface area contributed by atoms with E-state index in [1.165, 1.54) is 11.2 Å². The monoisotopic (exact) mass is 632 g/mol. The van der Waals surface area contributed by atoms with Crippen molar-refractivity contribution >= 4 is 40.2 Å². The minimum atomic E-state index is -3.85. The molecule has 0 bridgehead atoms. The molecule has 0 unspecified atom stereocenters. The van der Waals surface area contributed by atoms with E-state index < -0.39 is 39.8 Å². The van der Waals surface area contributed by atoms with E-state index in [-0.39, 0.29) is 30.5 Å². The lowest BCUT2D eigenvalue weighted by Crippen LogP contribution is -2.57. The second-order valence-corrected chi connectivity index (χ2v) is 12.7. The summed E-state index contributed by atoms with van der Waals surface area (Å²) in [5, 5.41) is 6.85. The molecule has 0 fully saturated rings. The Bertz CT molecular complexity index is 1470. The molecule has 0 aliphatic carbocycles. The number of aryl methyl sites for hydroxylation is 2. The molecule has 43 heavy (non-hydrogen) atoms. The Hall–Kier alpha value is -3.77. The largest absolute Gasteiger partial charge is 0.342 e. The molecule has 1 aromatic heterocycles. The molecule has 11 nitrogen and oxygen atoms in total. The molecule has 0 saturated carbocycles. The number of rotatable bonds is 13. The van der Waals surface area contributed by atoms with Crippen LogP contribution in [-0.4, -0.2) is 70.7 Å². The standard InChI is InChI=1S/C30H40N6O5S.ClH/c1-7-8-13-42(40,41)34-29(38)27(20(2)3)33-28(37)26(35(6)30(39)24-15-21(4)14-22(5)16-24)17-23-9-11-25(12-10-23)36-19-31-18-32-36;/h9-12,14-16,18-20,26-27H,7-8,13,17H2,1-6H3,(H,33,37)(H,34,38);1H/t26-,27+;/m1./s1. The topological polar surface area (TPSA) is 143 Å². The molecule has 0 radical (unpaired) electrons. The van der Waals surface area contributed by atoms with Crippen LogP contribution in [0.4, 0.5) is 0 Å². The smallest absolute Gasteiger partial charge is 0.256 e. The average molecular weight is 633 g/mol. The van der Waals surface area contributed by atoms with E-state index in [0.29, 0.717) is 18.4 Å². The Labute approximate surface area is 259 Å². The maximum absolute atomic E-state index is 13.8. The highest BCUT2D eigenvalue weighted by Crippen LogP contribution is 2.17. The lowest BCUT2D eigenvalue weighted by molar-refractivity contribution is -0.131. The van der Waals surface area contributed by atoms with Crippen molar-refractivity contribution < 1.29 is 22.8 Å². The van der Waals surface area contributed by atoms with Crippen LogP contribution >= 0.6 is 12.4 Å². The second-order valence-electron chi connectivity index (χ2n) is 10.9. The summed E-state index contributed by atoms with van der Waals surface area (Å²) in [6, 6.07) is 10.7. The summed E-state index contributed by atoms with van der Waals surface area (Å²) in [5.74, 6) is -2.34. The zero-order valence-electron chi connectivity index (χ0n) is 25.4. The summed E-state index contributed by atoms with van der Waals surface area (Å²) in [7, 11) is -2.30. The summed E-state index contributed by atoms with van der Waals surface area (Å²) >= 11 is 0. The van der Waals surface area contributed by atoms with Crippen molar-refractivity contribution in [3.8, 4) is 5.69 Å². The second kappa shape index (κ2) is 15.6. The van der Waals surface area contributed by atoms with E-state index in [4.69, 9.17) is 0 Å². The van der Waals surface area contributed by atoms with Crippen LogP contribution in [0.5, 0.6) is 0 Å². The maximum Gasteiger partial charge on any atom is 0.256 e. The number of nitrogens with zero attached hydrogens (tertiary/aromatic N) is 4. The molecule has 2 atom stereocenters. The zero-order valence-corrected chi connectivity index (χ0v) is 27.0. The summed E-state index contributed by atoms with van der Waals surface area (Å²) in [6.07, 6.45) is 4.21. The van der Waals surface area contributed by atoms with Crippen molar-refractivity contribution in [1.82, 2.24) is 29.7 Å². The van der Waals surface area contributed by atoms with Gasteiger partial charge in [-0.3, -0.25) is 19.1 Å². The van der Waals surface area contributed by atoms with Crippen molar-refractivity contribution in [3.05, 3.63) is 77.4 Å². The van der Waals surface area contributed by atoms with Gasteiger partial charge in [0.2, 0.25) is 15.9 Å². The number of aromatic nitrogens is 3. The predicted molar refractivity (Wildman–Crippen MR) is 168 cm³/mol. The van der Waals surface area contributed by atoms with Crippen LogP contribution in [0.15, 0.2) is 55.1 Å². The van der Waals surface area contributed by atoms with Gasteiger partial charge in [0.1, 0.15) is 24.7 Å². The zero-order chi connectivity index (χ0) is 31.0. The normalized spacial score (nSPS) is 12.6. The molecule has 0 aliphatic heterocycles. The summed E-state index contributed by atoms with van der Waals surface area (Å²) in [5.41, 5.74) is 3.81. The lowest BCUT2D eigenvalue weighted by atomic mass is 9.99. The van der Waals surface area contributed by atoms with Gasteiger partial charge >= 0.3 is 0 Å². The van der Waals surface area contributed by atoms with Gasteiger partial charge in [0.25, 0.3) is 11.8 Å². The molecule has 3 rings (SSSR count). The van der Waals surface area contributed by atoms with Gasteiger partial charge in [-0.05, 0) is 56.0 Å². The summed E-state index contributed by atoms with van der Waals surface area (Å²) in [4.78, 5) is 45.8. The number of sulfonamides is 1. The molecule has 13 heteroatoms. The van der Waals surface area contributed by atoms with Crippen molar-refractivity contribution in [2.45, 2.75) is 66.0 Å². The van der Waals surface area contributed by atoms with E-state index in [2.05, 4.69) is 20.1 Å². The number of likely N-dealkylation sites (N-methyl/N-ethyl adjacent to an activating group) is 1. The minimum Gasteiger partial charge on any atom is -0.342 e. The molecule has 3 amide bonds. The van der Waals surface area contributed by atoms with Gasteiger partial charge in [-0.2, -0.15) is 5.10 Å². The Kier molecular flexibility index (Phi) is 12.9. The molecule has 3 aromatic rings. The van der Waals surface area contributed by atoms with E-state index in [0.717, 1.165) is 22.4 Å². The van der Waals surface area contributed by atoms with Gasteiger partial charge in [0.05, 0.1) is 11.4 Å². The molecule has 1 heterocycles. The summed E-state index contributed by atoms with van der Waals surface area (Å²) < 4.78 is 28.5. The fourth-order valence-corrected chi connectivity index (χ4v) is 5.79. The number of benzene rings is 2. The molecule has 0 saturated heterocycles. The number of unbranched alkanes of at least 4 members (excludes halogenated alkanes) is 1. The average Bonchev–Trinajstić information content (AvgIpc) is 3.47. The van der Waals surface area contributed by atoms with Crippen molar-refractivity contribution in [2.75, 3.05) is 12.8 Å². The van der Waals surface area contributed by atoms with Crippen LogP contribution in [0.3, 0.4) is 0 Å². The first-order valence-corrected chi connectivity index (χ1v) is 15.6. The SMILES string of the molecule is CCCCS(=O)(=O)NC(=O)[C@@H](NC(=O)[C@@H](Cc1ccc(-n2cncn2)cc1)N(C)C(=O)c1cc(C)cc(C)c1)C(C)C.Cl. The number of hydrogen-bond donors (Lipinski definition) is 2.